The normalized spacial score (nSPS) is 14.8. The van der Waals surface area contributed by atoms with Crippen LogP contribution in [0.2, 0.25) is 5.02 Å². The number of rotatable bonds is 3. The summed E-state index contributed by atoms with van der Waals surface area (Å²) in [5.41, 5.74) is 8.42. The summed E-state index contributed by atoms with van der Waals surface area (Å²) in [6.45, 7) is 2.98. The minimum Gasteiger partial charge on any atom is -0.454 e. The molecule has 1 aliphatic heterocycles. The Morgan fingerprint density at radius 2 is 2.07 bits per heavy atom. The highest BCUT2D eigenvalue weighted by molar-refractivity contribution is 6.35. The Morgan fingerprint density at radius 3 is 2.87 bits per heavy atom. The second-order valence-electron chi connectivity index (χ2n) is 7.46. The van der Waals surface area contributed by atoms with Crippen LogP contribution in [0.3, 0.4) is 0 Å². The van der Waals surface area contributed by atoms with Gasteiger partial charge in [0.25, 0.3) is 0 Å². The topological polar surface area (TPSA) is 99.0 Å². The first-order chi connectivity index (χ1) is 14.1. The molecule has 1 saturated heterocycles. The number of fused-ring (bicyclic) bond motifs is 2. The highest BCUT2D eigenvalue weighted by atomic mass is 35.5. The van der Waals surface area contributed by atoms with E-state index in [0.717, 1.165) is 38.0 Å². The quantitative estimate of drug-likeness (QED) is 0.464. The van der Waals surface area contributed by atoms with Gasteiger partial charge in [0.05, 0.1) is 16.6 Å². The first-order valence-electron chi connectivity index (χ1n) is 9.65. The number of aromatic nitrogens is 3. The molecule has 3 aromatic heterocycles. The molecule has 3 N–H and O–H groups in total. The van der Waals surface area contributed by atoms with Gasteiger partial charge in [-0.1, -0.05) is 17.7 Å². The number of nitrogen functional groups attached to an aromatic ring is 1. The molecule has 5 rings (SSSR count). The molecule has 0 unspecified atom stereocenters. The number of nitrogens with two attached hydrogens (primary N) is 1. The molecule has 156 valence electrons. The van der Waals surface area contributed by atoms with Crippen molar-refractivity contribution in [2.75, 3.05) is 18.8 Å². The van der Waals surface area contributed by atoms with Gasteiger partial charge in [0.2, 0.25) is 5.43 Å². The Kier molecular flexibility index (Phi) is 5.69. The van der Waals surface area contributed by atoms with Crippen LogP contribution in [0.15, 0.2) is 45.9 Å². The number of hydrogen-bond acceptors (Lipinski definition) is 6. The van der Waals surface area contributed by atoms with Gasteiger partial charge in [-0.3, -0.25) is 9.48 Å². The van der Waals surface area contributed by atoms with E-state index in [1.54, 1.807) is 30.5 Å². The van der Waals surface area contributed by atoms with Crippen LogP contribution in [0, 0.1) is 5.92 Å². The number of nitrogens with zero attached hydrogens (tertiary/aromatic N) is 3. The highest BCUT2D eigenvalue weighted by Crippen LogP contribution is 2.30. The zero-order chi connectivity index (χ0) is 20.0. The third kappa shape index (κ3) is 3.64. The number of hydrogen-bond donors (Lipinski definition) is 2. The van der Waals surface area contributed by atoms with Crippen molar-refractivity contribution in [2.45, 2.75) is 19.4 Å². The van der Waals surface area contributed by atoms with E-state index in [1.165, 1.54) is 0 Å². The summed E-state index contributed by atoms with van der Waals surface area (Å²) in [6.07, 6.45) is 6.04. The van der Waals surface area contributed by atoms with Gasteiger partial charge < -0.3 is 15.5 Å². The van der Waals surface area contributed by atoms with Gasteiger partial charge in [0.15, 0.2) is 11.1 Å². The van der Waals surface area contributed by atoms with E-state index >= 15 is 0 Å². The third-order valence-corrected chi connectivity index (χ3v) is 5.82. The van der Waals surface area contributed by atoms with Crippen LogP contribution in [-0.2, 0) is 6.54 Å². The molecule has 1 fully saturated rings. The van der Waals surface area contributed by atoms with Gasteiger partial charge in [-0.25, -0.2) is 4.98 Å². The summed E-state index contributed by atoms with van der Waals surface area (Å²) in [6, 6.07) is 6.87. The van der Waals surface area contributed by atoms with Crippen molar-refractivity contribution in [3.63, 3.8) is 0 Å². The molecule has 4 heterocycles. The van der Waals surface area contributed by atoms with E-state index in [0.29, 0.717) is 33.1 Å². The molecule has 0 spiro atoms. The van der Waals surface area contributed by atoms with Crippen LogP contribution >= 0.6 is 24.0 Å². The van der Waals surface area contributed by atoms with Crippen molar-refractivity contribution in [1.29, 1.82) is 0 Å². The minimum atomic E-state index is -0.285. The molecule has 0 atom stereocenters. The lowest BCUT2D eigenvalue weighted by molar-refractivity contribution is 0.321. The molecule has 0 saturated carbocycles. The van der Waals surface area contributed by atoms with Gasteiger partial charge in [-0.2, -0.15) is 5.10 Å². The minimum absolute atomic E-state index is 0. The van der Waals surface area contributed by atoms with E-state index in [2.05, 4.69) is 15.4 Å². The Hall–Kier alpha value is -2.61. The van der Waals surface area contributed by atoms with Crippen molar-refractivity contribution in [1.82, 2.24) is 20.1 Å². The fourth-order valence-corrected chi connectivity index (χ4v) is 4.21. The van der Waals surface area contributed by atoms with Gasteiger partial charge in [0, 0.05) is 23.9 Å². The zero-order valence-corrected chi connectivity index (χ0v) is 17.7. The molecule has 7 nitrogen and oxygen atoms in total. The van der Waals surface area contributed by atoms with E-state index in [1.807, 2.05) is 10.9 Å². The van der Waals surface area contributed by atoms with E-state index in [-0.39, 0.29) is 29.2 Å². The van der Waals surface area contributed by atoms with Gasteiger partial charge in [-0.15, -0.1) is 12.4 Å². The van der Waals surface area contributed by atoms with Gasteiger partial charge in [0.1, 0.15) is 11.4 Å². The molecule has 0 radical (unpaired) electrons. The van der Waals surface area contributed by atoms with Crippen LogP contribution in [0.4, 0.5) is 5.82 Å². The monoisotopic (exact) mass is 445 g/mol. The van der Waals surface area contributed by atoms with Crippen LogP contribution < -0.4 is 16.5 Å². The van der Waals surface area contributed by atoms with Gasteiger partial charge >= 0.3 is 0 Å². The molecule has 30 heavy (non-hydrogen) atoms. The maximum absolute atomic E-state index is 12.9. The average molecular weight is 446 g/mol. The maximum atomic E-state index is 12.9. The highest BCUT2D eigenvalue weighted by Gasteiger charge is 2.17. The third-order valence-electron chi connectivity index (χ3n) is 5.50. The number of pyridine rings is 1. The van der Waals surface area contributed by atoms with E-state index < -0.39 is 0 Å². The first-order valence-corrected chi connectivity index (χ1v) is 10.0. The maximum Gasteiger partial charge on any atom is 0.220 e. The summed E-state index contributed by atoms with van der Waals surface area (Å²) < 4.78 is 7.87. The molecule has 4 aromatic rings. The van der Waals surface area contributed by atoms with Crippen molar-refractivity contribution in [3.05, 3.63) is 51.9 Å². The lowest BCUT2D eigenvalue weighted by Gasteiger charge is -2.22. The molecular formula is C21H21Cl2N5O2. The summed E-state index contributed by atoms with van der Waals surface area (Å²) in [5.74, 6) is 0.878. The predicted molar refractivity (Wildman–Crippen MR) is 121 cm³/mol. The average Bonchev–Trinajstić information content (AvgIpc) is 3.17. The smallest absolute Gasteiger partial charge is 0.220 e. The lowest BCUT2D eigenvalue weighted by Crippen LogP contribution is -2.29. The van der Waals surface area contributed by atoms with Crippen LogP contribution in [0.1, 0.15) is 12.8 Å². The fourth-order valence-electron chi connectivity index (χ4n) is 3.96. The number of benzene rings is 1. The first kappa shape index (κ1) is 20.7. The predicted octanol–water partition coefficient (Wildman–Crippen LogP) is 3.86. The summed E-state index contributed by atoms with van der Waals surface area (Å²) in [7, 11) is 0. The Bertz CT molecular complexity index is 1280. The lowest BCUT2D eigenvalue weighted by atomic mass is 9.98. The molecular weight excluding hydrogens is 425 g/mol. The standard InChI is InChI=1S/C21H20ClN5O2.ClH/c22-15-2-1-3-16-18(15)20(28)19-17(29-16)8-14(21(23)26-19)13-9-25-27(11-13)10-12-4-6-24-7-5-12;/h1-3,8-9,11-12,24H,4-7,10H2,(H2,23,26);1H. The molecule has 0 amide bonds. The Balaban J connectivity index is 0.00000218. The van der Waals surface area contributed by atoms with Crippen molar-refractivity contribution in [2.24, 2.45) is 5.92 Å². The molecule has 0 bridgehead atoms. The Labute approximate surface area is 183 Å². The molecule has 0 aliphatic carbocycles. The second kappa shape index (κ2) is 8.26. The zero-order valence-electron chi connectivity index (χ0n) is 16.1. The van der Waals surface area contributed by atoms with Crippen molar-refractivity contribution < 1.29 is 4.42 Å². The Morgan fingerprint density at radius 1 is 1.27 bits per heavy atom. The number of piperidine rings is 1. The van der Waals surface area contributed by atoms with Crippen LogP contribution in [0.5, 0.6) is 0 Å². The van der Waals surface area contributed by atoms with E-state index in [9.17, 15) is 4.79 Å². The summed E-state index contributed by atoms with van der Waals surface area (Å²) in [5, 5.41) is 8.52. The van der Waals surface area contributed by atoms with Crippen LogP contribution in [0.25, 0.3) is 33.2 Å². The van der Waals surface area contributed by atoms with Crippen molar-refractivity contribution in [3.8, 4) is 11.1 Å². The van der Waals surface area contributed by atoms with Gasteiger partial charge in [-0.05, 0) is 50.0 Å². The van der Waals surface area contributed by atoms with Crippen molar-refractivity contribution >= 4 is 51.9 Å². The fraction of sp³-hybridized carbons (Fsp3) is 0.286. The van der Waals surface area contributed by atoms with Crippen LogP contribution in [-0.4, -0.2) is 27.9 Å². The van der Waals surface area contributed by atoms with E-state index in [4.69, 9.17) is 21.8 Å². The molecule has 9 heteroatoms. The second-order valence-corrected chi connectivity index (χ2v) is 7.86. The number of nitrogens with one attached hydrogen (secondary N) is 1. The SMILES string of the molecule is Cl.Nc1nc2c(=O)c3c(Cl)cccc3oc2cc1-c1cnn(CC2CCNCC2)c1. The largest absolute Gasteiger partial charge is 0.454 e. The summed E-state index contributed by atoms with van der Waals surface area (Å²) >= 11 is 6.18. The number of halogens is 2. The molecule has 1 aliphatic rings. The number of anilines is 1. The summed E-state index contributed by atoms with van der Waals surface area (Å²) in [4.78, 5) is 17.2. The molecule has 1 aromatic carbocycles.